The van der Waals surface area contributed by atoms with Crippen LogP contribution in [0.5, 0.6) is 0 Å². The average molecular weight is 442 g/mol. The second-order valence-corrected chi connectivity index (χ2v) is 5.35. The van der Waals surface area contributed by atoms with Crippen molar-refractivity contribution in [3.63, 3.8) is 0 Å². The standard InChI is InChI=1S/C18H26N4O.HI/c1-3-19-18(21-13-17-9-11-22(2)14-17)20-10-12-23-15-16-7-5-4-6-8-16;/h4-9,11,14H,3,10,12-13,15H2,1-2H3,(H2,19,20,21);1H. The van der Waals surface area contributed by atoms with E-state index in [1.807, 2.05) is 36.0 Å². The number of halogens is 1. The maximum absolute atomic E-state index is 5.67. The summed E-state index contributed by atoms with van der Waals surface area (Å²) in [5.41, 5.74) is 2.39. The van der Waals surface area contributed by atoms with Crippen LogP contribution in [0.3, 0.4) is 0 Å². The fourth-order valence-corrected chi connectivity index (χ4v) is 2.17. The van der Waals surface area contributed by atoms with Crippen LogP contribution in [0.25, 0.3) is 0 Å². The van der Waals surface area contributed by atoms with Crippen molar-refractivity contribution in [1.29, 1.82) is 0 Å². The number of benzene rings is 1. The molecule has 0 bridgehead atoms. The maximum Gasteiger partial charge on any atom is 0.191 e. The van der Waals surface area contributed by atoms with E-state index in [1.54, 1.807) is 0 Å². The third-order valence-electron chi connectivity index (χ3n) is 3.31. The van der Waals surface area contributed by atoms with Crippen molar-refractivity contribution >= 4 is 29.9 Å². The monoisotopic (exact) mass is 442 g/mol. The largest absolute Gasteiger partial charge is 0.375 e. The van der Waals surface area contributed by atoms with Crippen molar-refractivity contribution in [2.24, 2.45) is 12.0 Å². The molecular formula is C18H27IN4O. The highest BCUT2D eigenvalue weighted by molar-refractivity contribution is 14.0. The van der Waals surface area contributed by atoms with Crippen molar-refractivity contribution < 1.29 is 4.74 Å². The Bertz CT molecular complexity index is 598. The number of rotatable bonds is 8. The summed E-state index contributed by atoms with van der Waals surface area (Å²) in [6.07, 6.45) is 4.11. The topological polar surface area (TPSA) is 50.6 Å². The van der Waals surface area contributed by atoms with Gasteiger partial charge in [0.1, 0.15) is 0 Å². The van der Waals surface area contributed by atoms with Gasteiger partial charge in [-0.25, -0.2) is 4.99 Å². The Labute approximate surface area is 161 Å². The SMILES string of the molecule is CCNC(=NCc1ccn(C)c1)NCCOCc1ccccc1.I. The summed E-state index contributed by atoms with van der Waals surface area (Å²) >= 11 is 0. The van der Waals surface area contributed by atoms with Gasteiger partial charge in [-0.05, 0) is 24.1 Å². The van der Waals surface area contributed by atoms with E-state index in [4.69, 9.17) is 4.74 Å². The van der Waals surface area contributed by atoms with Gasteiger partial charge < -0.3 is 19.9 Å². The van der Waals surface area contributed by atoms with Crippen LogP contribution in [-0.4, -0.2) is 30.2 Å². The highest BCUT2D eigenvalue weighted by Gasteiger charge is 1.98. The molecule has 0 aliphatic rings. The molecule has 6 heteroatoms. The number of aryl methyl sites for hydroxylation is 1. The van der Waals surface area contributed by atoms with Crippen molar-refractivity contribution in [2.75, 3.05) is 19.7 Å². The number of hydrogen-bond donors (Lipinski definition) is 2. The van der Waals surface area contributed by atoms with Crippen LogP contribution >= 0.6 is 24.0 Å². The smallest absolute Gasteiger partial charge is 0.191 e. The van der Waals surface area contributed by atoms with Gasteiger partial charge in [0.25, 0.3) is 0 Å². The zero-order valence-corrected chi connectivity index (χ0v) is 16.7. The molecule has 0 aliphatic heterocycles. The average Bonchev–Trinajstić information content (AvgIpc) is 2.98. The minimum Gasteiger partial charge on any atom is -0.375 e. The fraction of sp³-hybridized carbons (Fsp3) is 0.389. The van der Waals surface area contributed by atoms with Gasteiger partial charge in [-0.1, -0.05) is 30.3 Å². The molecule has 0 amide bonds. The molecule has 24 heavy (non-hydrogen) atoms. The summed E-state index contributed by atoms with van der Waals surface area (Å²) in [6.45, 7) is 5.58. The predicted molar refractivity (Wildman–Crippen MR) is 110 cm³/mol. The lowest BCUT2D eigenvalue weighted by atomic mass is 10.2. The van der Waals surface area contributed by atoms with E-state index in [0.29, 0.717) is 19.8 Å². The molecule has 0 radical (unpaired) electrons. The van der Waals surface area contributed by atoms with Gasteiger partial charge in [0.05, 0.1) is 19.8 Å². The van der Waals surface area contributed by atoms with Gasteiger partial charge in [0.2, 0.25) is 0 Å². The predicted octanol–water partition coefficient (Wildman–Crippen LogP) is 2.92. The zero-order chi connectivity index (χ0) is 16.3. The molecule has 1 aromatic carbocycles. The first-order valence-electron chi connectivity index (χ1n) is 8.02. The van der Waals surface area contributed by atoms with Crippen LogP contribution in [0.1, 0.15) is 18.1 Å². The van der Waals surface area contributed by atoms with Crippen molar-refractivity contribution in [3.05, 3.63) is 59.9 Å². The molecular weight excluding hydrogens is 415 g/mol. The molecule has 1 heterocycles. The molecule has 0 fully saturated rings. The van der Waals surface area contributed by atoms with E-state index in [-0.39, 0.29) is 24.0 Å². The summed E-state index contributed by atoms with van der Waals surface area (Å²) in [5.74, 6) is 0.819. The number of ether oxygens (including phenoxy) is 1. The van der Waals surface area contributed by atoms with E-state index in [9.17, 15) is 0 Å². The molecule has 2 aromatic rings. The van der Waals surface area contributed by atoms with Gasteiger partial charge in [-0.3, -0.25) is 0 Å². The molecule has 1 aromatic heterocycles. The summed E-state index contributed by atoms with van der Waals surface area (Å²) < 4.78 is 7.70. The number of aromatic nitrogens is 1. The molecule has 0 spiro atoms. The molecule has 2 rings (SSSR count). The molecule has 5 nitrogen and oxygen atoms in total. The third kappa shape index (κ3) is 7.83. The highest BCUT2D eigenvalue weighted by atomic mass is 127. The highest BCUT2D eigenvalue weighted by Crippen LogP contribution is 2.01. The molecule has 0 saturated heterocycles. The van der Waals surface area contributed by atoms with E-state index in [0.717, 1.165) is 19.0 Å². The Morgan fingerprint density at radius 2 is 1.92 bits per heavy atom. The molecule has 0 saturated carbocycles. The zero-order valence-electron chi connectivity index (χ0n) is 14.4. The summed E-state index contributed by atoms with van der Waals surface area (Å²) in [6, 6.07) is 12.3. The van der Waals surface area contributed by atoms with Gasteiger partial charge >= 0.3 is 0 Å². The summed E-state index contributed by atoms with van der Waals surface area (Å²) in [4.78, 5) is 4.58. The van der Waals surface area contributed by atoms with Crippen LogP contribution in [0.4, 0.5) is 0 Å². The van der Waals surface area contributed by atoms with Gasteiger partial charge in [-0.2, -0.15) is 0 Å². The number of nitrogens with zero attached hydrogens (tertiary/aromatic N) is 2. The van der Waals surface area contributed by atoms with E-state index >= 15 is 0 Å². The first-order chi connectivity index (χ1) is 11.3. The third-order valence-corrected chi connectivity index (χ3v) is 3.31. The summed E-state index contributed by atoms with van der Waals surface area (Å²) in [7, 11) is 2.01. The Morgan fingerprint density at radius 3 is 2.58 bits per heavy atom. The molecule has 0 aliphatic carbocycles. The Balaban J connectivity index is 0.00000288. The van der Waals surface area contributed by atoms with Crippen LogP contribution < -0.4 is 10.6 Å². The number of nitrogens with one attached hydrogen (secondary N) is 2. The summed E-state index contributed by atoms with van der Waals surface area (Å²) in [5, 5.41) is 6.54. The second kappa shape index (κ2) is 11.9. The molecule has 0 atom stereocenters. The lowest BCUT2D eigenvalue weighted by Gasteiger charge is -2.11. The lowest BCUT2D eigenvalue weighted by Crippen LogP contribution is -2.38. The van der Waals surface area contributed by atoms with Crippen molar-refractivity contribution in [3.8, 4) is 0 Å². The van der Waals surface area contributed by atoms with Gasteiger partial charge in [0.15, 0.2) is 5.96 Å². The molecule has 132 valence electrons. The van der Waals surface area contributed by atoms with Crippen LogP contribution in [-0.2, 0) is 24.9 Å². The van der Waals surface area contributed by atoms with Crippen LogP contribution in [0.2, 0.25) is 0 Å². The minimum absolute atomic E-state index is 0. The fourth-order valence-electron chi connectivity index (χ4n) is 2.17. The first kappa shape index (κ1) is 20.5. The lowest BCUT2D eigenvalue weighted by molar-refractivity contribution is 0.125. The van der Waals surface area contributed by atoms with Gasteiger partial charge in [-0.15, -0.1) is 24.0 Å². The first-order valence-corrected chi connectivity index (χ1v) is 8.02. The maximum atomic E-state index is 5.67. The molecule has 0 unspecified atom stereocenters. The minimum atomic E-state index is 0. The quantitative estimate of drug-likeness (QED) is 0.286. The Hall–Kier alpha value is -1.54. The van der Waals surface area contributed by atoms with Crippen molar-refractivity contribution in [1.82, 2.24) is 15.2 Å². The molecule has 2 N–H and O–H groups in total. The van der Waals surface area contributed by atoms with E-state index in [1.165, 1.54) is 11.1 Å². The number of hydrogen-bond acceptors (Lipinski definition) is 2. The van der Waals surface area contributed by atoms with Gasteiger partial charge in [0, 0.05) is 32.5 Å². The normalized spacial score (nSPS) is 11.0. The van der Waals surface area contributed by atoms with E-state index in [2.05, 4.69) is 46.9 Å². The Morgan fingerprint density at radius 1 is 1.12 bits per heavy atom. The van der Waals surface area contributed by atoms with Crippen molar-refractivity contribution in [2.45, 2.75) is 20.1 Å². The second-order valence-electron chi connectivity index (χ2n) is 5.35. The van der Waals surface area contributed by atoms with Crippen LogP contribution in [0.15, 0.2) is 53.8 Å². The Kier molecular flexibility index (Phi) is 10.2. The number of aliphatic imine (C=N–C) groups is 1. The van der Waals surface area contributed by atoms with Crippen LogP contribution in [0, 0.1) is 0 Å². The number of guanidine groups is 1. The van der Waals surface area contributed by atoms with E-state index < -0.39 is 0 Å².